The lowest BCUT2D eigenvalue weighted by molar-refractivity contribution is 0.0603. The van der Waals surface area contributed by atoms with Crippen LogP contribution in [0.5, 0.6) is 5.75 Å². The minimum absolute atomic E-state index is 0.338. The van der Waals surface area contributed by atoms with Crippen LogP contribution in [0.2, 0.25) is 0 Å². The lowest BCUT2D eigenvalue weighted by atomic mass is 10.2. The number of ether oxygens (including phenoxy) is 2. The number of hydrogen-bond acceptors (Lipinski definition) is 3. The van der Waals surface area contributed by atoms with Crippen molar-refractivity contribution >= 4 is 16.9 Å². The Morgan fingerprint density at radius 3 is 2.94 bits per heavy atom. The van der Waals surface area contributed by atoms with Gasteiger partial charge in [-0.3, -0.25) is 0 Å². The average molecular weight is 219 g/mol. The average Bonchev–Trinajstić information content (AvgIpc) is 2.71. The summed E-state index contributed by atoms with van der Waals surface area (Å²) in [5.41, 5.74) is 1.41. The van der Waals surface area contributed by atoms with Crippen molar-refractivity contribution in [3.63, 3.8) is 0 Å². The Labute approximate surface area is 93.2 Å². The van der Waals surface area contributed by atoms with E-state index in [2.05, 4.69) is 4.98 Å². The van der Waals surface area contributed by atoms with Crippen LogP contribution < -0.4 is 4.74 Å². The predicted octanol–water partition coefficient (Wildman–Crippen LogP) is 2.35. The van der Waals surface area contributed by atoms with Gasteiger partial charge in [0.15, 0.2) is 0 Å². The van der Waals surface area contributed by atoms with Gasteiger partial charge in [0.25, 0.3) is 0 Å². The van der Waals surface area contributed by atoms with Crippen molar-refractivity contribution in [3.05, 3.63) is 30.0 Å². The Balaban J connectivity index is 2.46. The number of esters is 1. The molecule has 1 heterocycles. The zero-order valence-corrected chi connectivity index (χ0v) is 9.24. The Morgan fingerprint density at radius 2 is 2.25 bits per heavy atom. The molecule has 0 atom stereocenters. The quantitative estimate of drug-likeness (QED) is 0.806. The Kier molecular flexibility index (Phi) is 2.81. The fraction of sp³-hybridized carbons (Fsp3) is 0.250. The molecule has 0 unspecified atom stereocenters. The molecule has 1 aromatic heterocycles. The zero-order chi connectivity index (χ0) is 11.5. The molecule has 2 aromatic rings. The third-order valence-electron chi connectivity index (χ3n) is 2.37. The summed E-state index contributed by atoms with van der Waals surface area (Å²) in [7, 11) is 1.37. The summed E-state index contributed by atoms with van der Waals surface area (Å²) < 4.78 is 10.1. The Hall–Kier alpha value is -1.97. The molecule has 0 amide bonds. The number of benzene rings is 1. The molecule has 0 bridgehead atoms. The maximum atomic E-state index is 11.4. The second-order valence-electron chi connectivity index (χ2n) is 3.33. The van der Waals surface area contributed by atoms with Gasteiger partial charge in [-0.1, -0.05) is 0 Å². The first-order chi connectivity index (χ1) is 7.76. The number of rotatable bonds is 3. The standard InChI is InChI=1S/C12H13NO3/c1-3-16-8-4-5-9-10(12(14)15-2)7-13-11(9)6-8/h4-7,13H,3H2,1-2H3. The highest BCUT2D eigenvalue weighted by Crippen LogP contribution is 2.23. The van der Waals surface area contributed by atoms with E-state index in [0.717, 1.165) is 16.7 Å². The van der Waals surface area contributed by atoms with Gasteiger partial charge < -0.3 is 14.5 Å². The summed E-state index contributed by atoms with van der Waals surface area (Å²) in [6, 6.07) is 5.56. The van der Waals surface area contributed by atoms with E-state index in [9.17, 15) is 4.79 Å². The van der Waals surface area contributed by atoms with Gasteiger partial charge in [0, 0.05) is 23.2 Å². The van der Waals surface area contributed by atoms with E-state index in [0.29, 0.717) is 12.2 Å². The molecule has 4 nitrogen and oxygen atoms in total. The number of methoxy groups -OCH3 is 1. The summed E-state index contributed by atoms with van der Waals surface area (Å²) >= 11 is 0. The molecule has 1 N–H and O–H groups in total. The number of fused-ring (bicyclic) bond motifs is 1. The van der Waals surface area contributed by atoms with Crippen molar-refractivity contribution < 1.29 is 14.3 Å². The largest absolute Gasteiger partial charge is 0.494 e. The van der Waals surface area contributed by atoms with Crippen LogP contribution in [0, 0.1) is 0 Å². The van der Waals surface area contributed by atoms with Crippen LogP contribution in [0.15, 0.2) is 24.4 Å². The summed E-state index contributed by atoms with van der Waals surface area (Å²) in [5, 5.41) is 0.843. The van der Waals surface area contributed by atoms with E-state index in [-0.39, 0.29) is 5.97 Å². The Bertz CT molecular complexity index is 516. The molecule has 84 valence electrons. The topological polar surface area (TPSA) is 51.3 Å². The van der Waals surface area contributed by atoms with E-state index in [1.807, 2.05) is 25.1 Å². The molecule has 1 aromatic carbocycles. The number of carbonyl (C=O) groups is 1. The number of hydrogen-bond donors (Lipinski definition) is 1. The van der Waals surface area contributed by atoms with Gasteiger partial charge in [0.05, 0.1) is 19.3 Å². The molecule has 0 aliphatic rings. The second-order valence-corrected chi connectivity index (χ2v) is 3.33. The maximum Gasteiger partial charge on any atom is 0.340 e. The maximum absolute atomic E-state index is 11.4. The van der Waals surface area contributed by atoms with Crippen LogP contribution in [0.25, 0.3) is 10.9 Å². The number of H-pyrrole nitrogens is 1. The highest BCUT2D eigenvalue weighted by molar-refractivity contribution is 6.04. The first-order valence-electron chi connectivity index (χ1n) is 5.08. The minimum Gasteiger partial charge on any atom is -0.494 e. The van der Waals surface area contributed by atoms with Crippen molar-refractivity contribution in [1.29, 1.82) is 0 Å². The highest BCUT2D eigenvalue weighted by atomic mass is 16.5. The summed E-state index contributed by atoms with van der Waals surface area (Å²) in [4.78, 5) is 14.4. The smallest absolute Gasteiger partial charge is 0.340 e. The van der Waals surface area contributed by atoms with Crippen molar-refractivity contribution in [2.24, 2.45) is 0 Å². The van der Waals surface area contributed by atoms with E-state index in [1.165, 1.54) is 7.11 Å². The van der Waals surface area contributed by atoms with Gasteiger partial charge in [-0.05, 0) is 19.1 Å². The van der Waals surface area contributed by atoms with Crippen LogP contribution in [0.3, 0.4) is 0 Å². The molecule has 2 rings (SSSR count). The number of carbonyl (C=O) groups excluding carboxylic acids is 1. The summed E-state index contributed by atoms with van der Waals surface area (Å²) in [6.07, 6.45) is 1.65. The first kappa shape index (κ1) is 10.5. The lowest BCUT2D eigenvalue weighted by Crippen LogP contribution is -1.99. The summed E-state index contributed by atoms with van der Waals surface area (Å²) in [6.45, 7) is 2.55. The van der Waals surface area contributed by atoms with Gasteiger partial charge in [-0.15, -0.1) is 0 Å². The normalized spacial score (nSPS) is 10.4. The lowest BCUT2D eigenvalue weighted by Gasteiger charge is -2.02. The molecule has 0 aliphatic heterocycles. The molecule has 4 heteroatoms. The molecule has 0 fully saturated rings. The van der Waals surface area contributed by atoms with Crippen molar-refractivity contribution in [1.82, 2.24) is 4.98 Å². The van der Waals surface area contributed by atoms with Crippen LogP contribution in [-0.2, 0) is 4.74 Å². The van der Waals surface area contributed by atoms with Crippen LogP contribution in [-0.4, -0.2) is 24.7 Å². The van der Waals surface area contributed by atoms with E-state index >= 15 is 0 Å². The number of aromatic amines is 1. The minimum atomic E-state index is -0.338. The van der Waals surface area contributed by atoms with Gasteiger partial charge in [-0.2, -0.15) is 0 Å². The van der Waals surface area contributed by atoms with E-state index in [1.54, 1.807) is 6.20 Å². The third kappa shape index (κ3) is 1.74. The number of nitrogens with one attached hydrogen (secondary N) is 1. The fourth-order valence-corrected chi connectivity index (χ4v) is 1.64. The second kappa shape index (κ2) is 4.26. The van der Waals surface area contributed by atoms with Crippen molar-refractivity contribution in [2.75, 3.05) is 13.7 Å². The van der Waals surface area contributed by atoms with Crippen LogP contribution in [0.1, 0.15) is 17.3 Å². The summed E-state index contributed by atoms with van der Waals surface area (Å²) in [5.74, 6) is 0.448. The van der Waals surface area contributed by atoms with E-state index in [4.69, 9.17) is 9.47 Å². The van der Waals surface area contributed by atoms with Crippen molar-refractivity contribution in [2.45, 2.75) is 6.92 Å². The molecule has 0 saturated carbocycles. The first-order valence-corrected chi connectivity index (χ1v) is 5.08. The monoisotopic (exact) mass is 219 g/mol. The van der Waals surface area contributed by atoms with Crippen molar-refractivity contribution in [3.8, 4) is 5.75 Å². The highest BCUT2D eigenvalue weighted by Gasteiger charge is 2.12. The SMILES string of the molecule is CCOc1ccc2c(C(=O)OC)c[nH]c2c1. The third-order valence-corrected chi connectivity index (χ3v) is 2.37. The molecule has 0 spiro atoms. The molecular weight excluding hydrogens is 206 g/mol. The molecule has 0 saturated heterocycles. The van der Waals surface area contributed by atoms with Gasteiger partial charge in [-0.25, -0.2) is 4.79 Å². The predicted molar refractivity (Wildman–Crippen MR) is 60.8 cm³/mol. The van der Waals surface area contributed by atoms with Crippen LogP contribution >= 0.6 is 0 Å². The number of aromatic nitrogens is 1. The van der Waals surface area contributed by atoms with Gasteiger partial charge >= 0.3 is 5.97 Å². The van der Waals surface area contributed by atoms with E-state index < -0.39 is 0 Å². The molecule has 16 heavy (non-hydrogen) atoms. The fourth-order valence-electron chi connectivity index (χ4n) is 1.64. The van der Waals surface area contributed by atoms with Gasteiger partial charge in [0.1, 0.15) is 5.75 Å². The molecule has 0 radical (unpaired) electrons. The Morgan fingerprint density at radius 1 is 1.44 bits per heavy atom. The van der Waals surface area contributed by atoms with Crippen LogP contribution in [0.4, 0.5) is 0 Å². The van der Waals surface area contributed by atoms with Gasteiger partial charge in [0.2, 0.25) is 0 Å². The zero-order valence-electron chi connectivity index (χ0n) is 9.24. The molecular formula is C12H13NO3. The molecule has 0 aliphatic carbocycles.